The largest absolute Gasteiger partial charge is 0.491 e. The lowest BCUT2D eigenvalue weighted by Gasteiger charge is -2.16. The minimum Gasteiger partial charge on any atom is -0.491 e. The maximum Gasteiger partial charge on any atom is 0.119 e. The van der Waals surface area contributed by atoms with Crippen LogP contribution in [0.4, 0.5) is 0 Å². The molecule has 1 rings (SSSR count). The van der Waals surface area contributed by atoms with E-state index in [-0.39, 0.29) is 12.6 Å². The number of hydrogen-bond donors (Lipinski definition) is 2. The van der Waals surface area contributed by atoms with Crippen LogP contribution in [0.1, 0.15) is 25.8 Å². The quantitative estimate of drug-likeness (QED) is 0.703. The van der Waals surface area contributed by atoms with Gasteiger partial charge in [-0.15, -0.1) is 6.42 Å². The first kappa shape index (κ1) is 15.6. The second-order valence-electron chi connectivity index (χ2n) is 4.50. The molecule has 0 bridgehead atoms. The van der Waals surface area contributed by atoms with Crippen molar-refractivity contribution >= 4 is 0 Å². The number of terminal acetylenes is 1. The molecular formula is C16H23NO2. The fourth-order valence-electron chi connectivity index (χ4n) is 1.67. The van der Waals surface area contributed by atoms with Crippen molar-refractivity contribution < 1.29 is 9.84 Å². The molecule has 0 amide bonds. The Morgan fingerprint density at radius 1 is 1.32 bits per heavy atom. The van der Waals surface area contributed by atoms with E-state index < -0.39 is 6.10 Å². The van der Waals surface area contributed by atoms with Gasteiger partial charge in [-0.25, -0.2) is 0 Å². The lowest BCUT2D eigenvalue weighted by atomic mass is 10.2. The summed E-state index contributed by atoms with van der Waals surface area (Å²) in [6.07, 6.45) is 6.64. The van der Waals surface area contributed by atoms with Gasteiger partial charge in [0.25, 0.3) is 0 Å². The molecule has 1 aromatic rings. The smallest absolute Gasteiger partial charge is 0.119 e. The molecule has 104 valence electrons. The van der Waals surface area contributed by atoms with E-state index >= 15 is 0 Å². The molecule has 1 aromatic carbocycles. The zero-order valence-electron chi connectivity index (χ0n) is 11.7. The Bertz CT molecular complexity index is 394. The van der Waals surface area contributed by atoms with Gasteiger partial charge in [-0.2, -0.15) is 0 Å². The molecular weight excluding hydrogens is 238 g/mol. The van der Waals surface area contributed by atoms with Gasteiger partial charge >= 0.3 is 0 Å². The highest BCUT2D eigenvalue weighted by molar-refractivity contribution is 5.27. The first-order valence-electron chi connectivity index (χ1n) is 6.78. The van der Waals surface area contributed by atoms with E-state index in [4.69, 9.17) is 11.2 Å². The van der Waals surface area contributed by atoms with Crippen molar-refractivity contribution in [3.8, 4) is 18.1 Å². The molecule has 0 aliphatic heterocycles. The van der Waals surface area contributed by atoms with Gasteiger partial charge < -0.3 is 15.2 Å². The number of benzene rings is 1. The molecule has 0 aliphatic rings. The second kappa shape index (κ2) is 8.58. The molecule has 0 heterocycles. The minimum atomic E-state index is -0.562. The third-order valence-corrected chi connectivity index (χ3v) is 2.98. The molecule has 2 unspecified atom stereocenters. The first-order valence-corrected chi connectivity index (χ1v) is 6.78. The normalized spacial score (nSPS) is 13.6. The van der Waals surface area contributed by atoms with Gasteiger partial charge in [0.05, 0.1) is 6.04 Å². The molecule has 19 heavy (non-hydrogen) atoms. The van der Waals surface area contributed by atoms with Crippen molar-refractivity contribution in [1.29, 1.82) is 0 Å². The van der Waals surface area contributed by atoms with E-state index in [2.05, 4.69) is 18.2 Å². The fraction of sp³-hybridized carbons (Fsp3) is 0.500. The van der Waals surface area contributed by atoms with Crippen molar-refractivity contribution in [2.75, 3.05) is 13.2 Å². The third kappa shape index (κ3) is 5.78. The monoisotopic (exact) mass is 261 g/mol. The van der Waals surface area contributed by atoms with Crippen molar-refractivity contribution in [3.63, 3.8) is 0 Å². The Morgan fingerprint density at radius 3 is 2.53 bits per heavy atom. The Kier molecular flexibility index (Phi) is 7.02. The van der Waals surface area contributed by atoms with E-state index in [1.165, 1.54) is 5.56 Å². The summed E-state index contributed by atoms with van der Waals surface area (Å²) in [5.74, 6) is 3.41. The number of ether oxygens (including phenoxy) is 1. The summed E-state index contributed by atoms with van der Waals surface area (Å²) in [6.45, 7) is 4.83. The number of rotatable bonds is 8. The third-order valence-electron chi connectivity index (χ3n) is 2.98. The Balaban J connectivity index is 2.29. The Labute approximate surface area is 116 Å². The van der Waals surface area contributed by atoms with Gasteiger partial charge in [0, 0.05) is 6.54 Å². The summed E-state index contributed by atoms with van der Waals surface area (Å²) in [6, 6.07) is 7.93. The van der Waals surface area contributed by atoms with Crippen LogP contribution >= 0.6 is 0 Å². The van der Waals surface area contributed by atoms with Gasteiger partial charge in [-0.1, -0.05) is 31.9 Å². The van der Waals surface area contributed by atoms with E-state index in [1.807, 2.05) is 31.2 Å². The van der Waals surface area contributed by atoms with Gasteiger partial charge in [-0.3, -0.25) is 0 Å². The van der Waals surface area contributed by atoms with Crippen LogP contribution in [0.3, 0.4) is 0 Å². The van der Waals surface area contributed by atoms with Gasteiger partial charge in [0.15, 0.2) is 0 Å². The molecule has 2 atom stereocenters. The van der Waals surface area contributed by atoms with Crippen molar-refractivity contribution in [2.24, 2.45) is 0 Å². The summed E-state index contributed by atoms with van der Waals surface area (Å²) in [5, 5.41) is 12.9. The molecule has 0 aliphatic carbocycles. The summed E-state index contributed by atoms with van der Waals surface area (Å²) in [4.78, 5) is 0. The fourth-order valence-corrected chi connectivity index (χ4v) is 1.67. The molecule has 0 saturated heterocycles. The number of aryl methyl sites for hydroxylation is 1. The Hall–Kier alpha value is -1.50. The van der Waals surface area contributed by atoms with Crippen LogP contribution in [0.2, 0.25) is 0 Å². The van der Waals surface area contributed by atoms with Crippen LogP contribution in [-0.2, 0) is 6.42 Å². The van der Waals surface area contributed by atoms with E-state index in [0.29, 0.717) is 6.54 Å². The highest BCUT2D eigenvalue weighted by Gasteiger charge is 2.08. The SMILES string of the molecule is C#CC(CC)NCC(O)COc1ccc(CC)cc1. The summed E-state index contributed by atoms with van der Waals surface area (Å²) in [7, 11) is 0. The number of aliphatic hydroxyl groups is 1. The minimum absolute atomic E-state index is 0.0125. The number of nitrogens with one attached hydrogen (secondary N) is 1. The first-order chi connectivity index (χ1) is 9.19. The zero-order valence-corrected chi connectivity index (χ0v) is 11.7. The standard InChI is InChI=1S/C16H23NO2/c1-4-13-7-9-16(10-8-13)19-12-15(18)11-17-14(5-2)6-3/h2,7-10,14-15,17-18H,4,6,11-12H2,1,3H3. The van der Waals surface area contributed by atoms with Crippen molar-refractivity contribution in [1.82, 2.24) is 5.32 Å². The highest BCUT2D eigenvalue weighted by Crippen LogP contribution is 2.12. The molecule has 2 N–H and O–H groups in total. The molecule has 0 aromatic heterocycles. The van der Waals surface area contributed by atoms with Crippen LogP contribution in [0, 0.1) is 12.3 Å². The Morgan fingerprint density at radius 2 is 2.00 bits per heavy atom. The molecule has 0 fully saturated rings. The van der Waals surface area contributed by atoms with Crippen molar-refractivity contribution in [2.45, 2.75) is 38.8 Å². The molecule has 3 nitrogen and oxygen atoms in total. The lowest BCUT2D eigenvalue weighted by Crippen LogP contribution is -2.37. The summed E-state index contributed by atoms with van der Waals surface area (Å²) < 4.78 is 5.53. The summed E-state index contributed by atoms with van der Waals surface area (Å²) in [5.41, 5.74) is 1.27. The highest BCUT2D eigenvalue weighted by atomic mass is 16.5. The summed E-state index contributed by atoms with van der Waals surface area (Å²) >= 11 is 0. The molecule has 3 heteroatoms. The maximum absolute atomic E-state index is 9.80. The van der Waals surface area contributed by atoms with Crippen LogP contribution < -0.4 is 10.1 Å². The van der Waals surface area contributed by atoms with E-state index in [0.717, 1.165) is 18.6 Å². The van der Waals surface area contributed by atoms with Gasteiger partial charge in [0.2, 0.25) is 0 Å². The van der Waals surface area contributed by atoms with Crippen LogP contribution in [-0.4, -0.2) is 30.4 Å². The predicted molar refractivity (Wildman–Crippen MR) is 78.2 cm³/mol. The molecule has 0 saturated carbocycles. The predicted octanol–water partition coefficient (Wildman–Crippen LogP) is 1.99. The average Bonchev–Trinajstić information content (AvgIpc) is 2.46. The van der Waals surface area contributed by atoms with E-state index in [1.54, 1.807) is 0 Å². The number of aliphatic hydroxyl groups excluding tert-OH is 1. The zero-order chi connectivity index (χ0) is 14.1. The average molecular weight is 261 g/mol. The van der Waals surface area contributed by atoms with Gasteiger partial charge in [0.1, 0.15) is 18.5 Å². The molecule has 0 radical (unpaired) electrons. The van der Waals surface area contributed by atoms with Crippen LogP contribution in [0.15, 0.2) is 24.3 Å². The number of hydrogen-bond acceptors (Lipinski definition) is 3. The van der Waals surface area contributed by atoms with Crippen molar-refractivity contribution in [3.05, 3.63) is 29.8 Å². The van der Waals surface area contributed by atoms with Gasteiger partial charge in [-0.05, 0) is 30.5 Å². The van der Waals surface area contributed by atoms with Crippen LogP contribution in [0.5, 0.6) is 5.75 Å². The van der Waals surface area contributed by atoms with Crippen LogP contribution in [0.25, 0.3) is 0 Å². The van der Waals surface area contributed by atoms with E-state index in [9.17, 15) is 5.11 Å². The lowest BCUT2D eigenvalue weighted by molar-refractivity contribution is 0.105. The molecule has 0 spiro atoms. The topological polar surface area (TPSA) is 41.5 Å². The maximum atomic E-state index is 9.80. The second-order valence-corrected chi connectivity index (χ2v) is 4.50.